The first-order valence-electron chi connectivity index (χ1n) is 11.1. The molecule has 0 radical (unpaired) electrons. The fourth-order valence-corrected chi connectivity index (χ4v) is 6.53. The van der Waals surface area contributed by atoms with E-state index in [4.69, 9.17) is 4.42 Å². The van der Waals surface area contributed by atoms with Crippen LogP contribution < -0.4 is 9.21 Å². The van der Waals surface area contributed by atoms with E-state index in [1.807, 2.05) is 6.92 Å². The van der Waals surface area contributed by atoms with Crippen molar-refractivity contribution in [2.45, 2.75) is 32.6 Å². The molecule has 1 aliphatic heterocycles. The summed E-state index contributed by atoms with van der Waals surface area (Å²) in [5, 5.41) is 1.34. The van der Waals surface area contributed by atoms with Crippen molar-refractivity contribution >= 4 is 60.7 Å². The van der Waals surface area contributed by atoms with E-state index >= 15 is 0 Å². The number of rotatable bonds is 5. The van der Waals surface area contributed by atoms with Crippen LogP contribution in [0, 0.1) is 6.92 Å². The summed E-state index contributed by atoms with van der Waals surface area (Å²) in [7, 11) is -4.38. The molecule has 0 saturated carbocycles. The highest BCUT2D eigenvalue weighted by atomic mass is 32.2. The molecule has 3 aromatic carbocycles. The first-order valence-corrected chi connectivity index (χ1v) is 12.5. The van der Waals surface area contributed by atoms with Crippen LogP contribution in [0.4, 0.5) is 11.4 Å². The maximum Gasteiger partial charge on any atom is 0.271 e. The van der Waals surface area contributed by atoms with Gasteiger partial charge < -0.3 is 9.32 Å². The van der Waals surface area contributed by atoms with Crippen molar-refractivity contribution in [3.8, 4) is 0 Å². The third-order valence-electron chi connectivity index (χ3n) is 6.30. The average molecular weight is 491 g/mol. The molecule has 2 amide bonds. The van der Waals surface area contributed by atoms with Crippen LogP contribution in [0.15, 0.2) is 57.8 Å². The van der Waals surface area contributed by atoms with Crippen LogP contribution >= 0.6 is 0 Å². The van der Waals surface area contributed by atoms with E-state index in [1.165, 1.54) is 25.1 Å². The number of hydrogen-bond acceptors (Lipinski definition) is 6. The normalized spacial score (nSPS) is 13.1. The summed E-state index contributed by atoms with van der Waals surface area (Å²) in [6, 6.07) is 12.5. The number of sulfonamides is 1. The fraction of sp³-hybridized carbons (Fsp3) is 0.192. The minimum Gasteiger partial charge on any atom is -0.461 e. The van der Waals surface area contributed by atoms with Crippen molar-refractivity contribution in [1.29, 1.82) is 0 Å². The van der Waals surface area contributed by atoms with E-state index in [0.29, 0.717) is 50.9 Å². The zero-order chi connectivity index (χ0) is 25.2. The van der Waals surface area contributed by atoms with Crippen molar-refractivity contribution < 1.29 is 27.2 Å². The SMILES string of the molecule is CCN1C(=O)c2cccc3c(S(=O)(=O)N(C(C)=O)c4ccc5oc(C)c(C(C)=O)c5c4)ccc1c23. The molecule has 0 fully saturated rings. The molecule has 1 aliphatic rings. The third kappa shape index (κ3) is 3.19. The maximum atomic E-state index is 13.9. The van der Waals surface area contributed by atoms with Crippen molar-refractivity contribution in [3.05, 3.63) is 65.4 Å². The molecule has 0 unspecified atom stereocenters. The number of fused-ring (bicyclic) bond motifs is 1. The number of aryl methyl sites for hydroxylation is 1. The standard InChI is InChI=1S/C26H22N2O6S/c1-5-27-21-10-12-23(18-7-6-8-19(25(18)21)26(27)31)35(32,33)28(16(4)30)17-9-11-22-20(13-17)24(14(2)29)15(3)34-22/h6-13H,5H2,1-4H3. The van der Waals surface area contributed by atoms with Crippen LogP contribution in [0.25, 0.3) is 21.7 Å². The maximum absolute atomic E-state index is 13.9. The van der Waals surface area contributed by atoms with Crippen LogP contribution in [0.3, 0.4) is 0 Å². The Kier molecular flexibility index (Phi) is 5.06. The van der Waals surface area contributed by atoms with Gasteiger partial charge in [-0.25, -0.2) is 12.7 Å². The summed E-state index contributed by atoms with van der Waals surface area (Å²) in [4.78, 5) is 39.3. The van der Waals surface area contributed by atoms with Crippen LogP contribution in [0.2, 0.25) is 0 Å². The second-order valence-electron chi connectivity index (χ2n) is 8.42. The molecule has 0 atom stereocenters. The molecule has 4 aromatic rings. The summed E-state index contributed by atoms with van der Waals surface area (Å²) in [5.41, 5.74) is 1.90. The Balaban J connectivity index is 1.74. The predicted molar refractivity (Wildman–Crippen MR) is 133 cm³/mol. The fourth-order valence-electron chi connectivity index (χ4n) is 4.92. The summed E-state index contributed by atoms with van der Waals surface area (Å²) in [5.74, 6) is -0.722. The van der Waals surface area contributed by atoms with Crippen molar-refractivity contribution in [3.63, 3.8) is 0 Å². The van der Waals surface area contributed by atoms with Gasteiger partial charge in [0.2, 0.25) is 5.91 Å². The molecule has 35 heavy (non-hydrogen) atoms. The van der Waals surface area contributed by atoms with Gasteiger partial charge in [-0.05, 0) is 57.2 Å². The number of Topliss-reactive ketones (excluding diaryl/α,β-unsaturated/α-hetero) is 1. The minimum atomic E-state index is -4.38. The molecule has 0 saturated heterocycles. The molecule has 0 N–H and O–H groups in total. The topological polar surface area (TPSA) is 105 Å². The molecule has 0 bridgehead atoms. The van der Waals surface area contributed by atoms with Crippen molar-refractivity contribution in [2.75, 3.05) is 15.7 Å². The predicted octanol–water partition coefficient (Wildman–Crippen LogP) is 4.82. The van der Waals surface area contributed by atoms with Crippen LogP contribution in [-0.4, -0.2) is 32.6 Å². The largest absolute Gasteiger partial charge is 0.461 e. The molecular weight excluding hydrogens is 468 g/mol. The molecule has 1 aromatic heterocycles. The quantitative estimate of drug-likeness (QED) is 0.372. The lowest BCUT2D eigenvalue weighted by molar-refractivity contribution is -0.115. The molecular formula is C26H22N2O6S. The van der Waals surface area contributed by atoms with E-state index in [1.54, 1.807) is 42.2 Å². The summed E-state index contributed by atoms with van der Waals surface area (Å²) >= 11 is 0. The van der Waals surface area contributed by atoms with Crippen LogP contribution in [-0.2, 0) is 14.8 Å². The third-order valence-corrected chi connectivity index (χ3v) is 8.16. The summed E-state index contributed by atoms with van der Waals surface area (Å²) in [6.07, 6.45) is 0. The highest BCUT2D eigenvalue weighted by molar-refractivity contribution is 7.93. The molecule has 9 heteroatoms. The molecule has 8 nitrogen and oxygen atoms in total. The second-order valence-corrected chi connectivity index (χ2v) is 10.2. The van der Waals surface area contributed by atoms with Crippen molar-refractivity contribution in [1.82, 2.24) is 0 Å². The van der Waals surface area contributed by atoms with E-state index < -0.39 is 15.9 Å². The van der Waals surface area contributed by atoms with Gasteiger partial charge in [-0.3, -0.25) is 14.4 Å². The van der Waals surface area contributed by atoms with Gasteiger partial charge in [-0.1, -0.05) is 12.1 Å². The van der Waals surface area contributed by atoms with E-state index in [9.17, 15) is 22.8 Å². The van der Waals surface area contributed by atoms with Crippen LogP contribution in [0.5, 0.6) is 0 Å². The van der Waals surface area contributed by atoms with Gasteiger partial charge >= 0.3 is 0 Å². The lowest BCUT2D eigenvalue weighted by atomic mass is 10.1. The average Bonchev–Trinajstić information content (AvgIpc) is 3.27. The zero-order valence-electron chi connectivity index (χ0n) is 19.6. The first kappa shape index (κ1) is 22.8. The van der Waals surface area contributed by atoms with Gasteiger partial charge in [0, 0.05) is 35.2 Å². The number of benzene rings is 3. The summed E-state index contributed by atoms with van der Waals surface area (Å²) < 4.78 is 34.2. The molecule has 5 rings (SSSR count). The number of furan rings is 1. The van der Waals surface area contributed by atoms with Gasteiger partial charge in [0.1, 0.15) is 11.3 Å². The van der Waals surface area contributed by atoms with E-state index in [2.05, 4.69) is 0 Å². The Morgan fingerprint density at radius 2 is 1.77 bits per heavy atom. The zero-order valence-corrected chi connectivity index (χ0v) is 20.4. The Bertz CT molecular complexity index is 1700. The smallest absolute Gasteiger partial charge is 0.271 e. The molecule has 0 spiro atoms. The Morgan fingerprint density at radius 3 is 2.43 bits per heavy atom. The molecule has 2 heterocycles. The number of anilines is 2. The highest BCUT2D eigenvalue weighted by Crippen LogP contribution is 2.41. The number of carbonyl (C=O) groups excluding carboxylic acids is 3. The minimum absolute atomic E-state index is 0.0859. The summed E-state index contributed by atoms with van der Waals surface area (Å²) in [6.45, 7) is 6.51. The van der Waals surface area contributed by atoms with E-state index in [-0.39, 0.29) is 22.3 Å². The lowest BCUT2D eigenvalue weighted by Crippen LogP contribution is -2.35. The monoisotopic (exact) mass is 490 g/mol. The molecule has 0 aliphatic carbocycles. The van der Waals surface area contributed by atoms with Gasteiger partial charge in [0.25, 0.3) is 15.9 Å². The first-order chi connectivity index (χ1) is 16.6. The highest BCUT2D eigenvalue weighted by Gasteiger charge is 2.35. The van der Waals surface area contributed by atoms with Crippen LogP contribution in [0.1, 0.15) is 47.2 Å². The lowest BCUT2D eigenvalue weighted by Gasteiger charge is -2.22. The van der Waals surface area contributed by atoms with Gasteiger partial charge in [-0.2, -0.15) is 0 Å². The van der Waals surface area contributed by atoms with Gasteiger partial charge in [0.15, 0.2) is 5.78 Å². The van der Waals surface area contributed by atoms with E-state index in [0.717, 1.165) is 11.2 Å². The van der Waals surface area contributed by atoms with Crippen molar-refractivity contribution in [2.24, 2.45) is 0 Å². The number of amides is 2. The molecule has 178 valence electrons. The van der Waals surface area contributed by atoms with Gasteiger partial charge in [0.05, 0.1) is 21.8 Å². The number of hydrogen-bond donors (Lipinski definition) is 0. The Labute approximate surface area is 201 Å². The number of ketones is 1. The second kappa shape index (κ2) is 7.78. The Morgan fingerprint density at radius 1 is 1.03 bits per heavy atom. The number of carbonyl (C=O) groups is 3. The Hall–Kier alpha value is -3.98. The number of nitrogens with zero attached hydrogens (tertiary/aromatic N) is 2. The van der Waals surface area contributed by atoms with Gasteiger partial charge in [-0.15, -0.1) is 0 Å².